The number of hydrogen-bond donors (Lipinski definition) is 1. The first-order valence-electron chi connectivity index (χ1n) is 4.52. The van der Waals surface area contributed by atoms with Gasteiger partial charge in [0.2, 0.25) is 0 Å². The third-order valence-corrected chi connectivity index (χ3v) is 1.73. The summed E-state index contributed by atoms with van der Waals surface area (Å²) in [5.41, 5.74) is 1.55. The fraction of sp³-hybridized carbons (Fsp3) is 0.250. The molecule has 0 atom stereocenters. The Labute approximate surface area is 79.6 Å². The van der Waals surface area contributed by atoms with Crippen LogP contribution in [-0.4, -0.2) is 5.71 Å². The van der Waals surface area contributed by atoms with Crippen molar-refractivity contribution in [2.45, 2.75) is 13.8 Å². The lowest BCUT2D eigenvalue weighted by molar-refractivity contribution is 0.832. The van der Waals surface area contributed by atoms with Crippen LogP contribution in [0.3, 0.4) is 0 Å². The van der Waals surface area contributed by atoms with Crippen molar-refractivity contribution in [3.05, 3.63) is 48.0 Å². The molecule has 0 amide bonds. The molecule has 1 heteroatoms. The molecule has 0 spiro atoms. The van der Waals surface area contributed by atoms with Crippen LogP contribution in [0.4, 0.5) is 0 Å². The highest BCUT2D eigenvalue weighted by Crippen LogP contribution is 2.02. The molecule has 0 aliphatic heterocycles. The average Bonchev–Trinajstić information content (AvgIpc) is 2.15. The predicted octanol–water partition coefficient (Wildman–Crippen LogP) is 3.27. The smallest absolute Gasteiger partial charge is 0.0609 e. The first kappa shape index (κ1) is 9.72. The van der Waals surface area contributed by atoms with E-state index < -0.39 is 0 Å². The van der Waals surface area contributed by atoms with Crippen molar-refractivity contribution in [1.29, 1.82) is 5.41 Å². The molecule has 0 bridgehead atoms. The molecule has 1 N–H and O–H groups in total. The number of allylic oxidation sites excluding steroid dienone is 2. The van der Waals surface area contributed by atoms with E-state index in [2.05, 4.69) is 13.8 Å². The van der Waals surface area contributed by atoms with Crippen molar-refractivity contribution in [2.24, 2.45) is 5.92 Å². The zero-order valence-electron chi connectivity index (χ0n) is 8.12. The van der Waals surface area contributed by atoms with Gasteiger partial charge >= 0.3 is 0 Å². The summed E-state index contributed by atoms with van der Waals surface area (Å²) in [5.74, 6) is 0.504. The molecule has 68 valence electrons. The summed E-state index contributed by atoms with van der Waals surface area (Å²) in [6, 6.07) is 9.77. The first-order valence-corrected chi connectivity index (χ1v) is 4.52. The molecule has 1 aromatic carbocycles. The standard InChI is InChI=1S/C12H15N/c1-10(2)8-9-12(13)11-6-4-3-5-7-11/h3-10,13H,1-2H3/b9-8-,13-12?. The normalized spacial score (nSPS) is 11.0. The van der Waals surface area contributed by atoms with E-state index in [1.165, 1.54) is 0 Å². The maximum absolute atomic E-state index is 7.74. The van der Waals surface area contributed by atoms with Gasteiger partial charge in [-0.05, 0) is 17.6 Å². The van der Waals surface area contributed by atoms with Gasteiger partial charge in [-0.3, -0.25) is 0 Å². The van der Waals surface area contributed by atoms with Crippen LogP contribution in [0, 0.1) is 11.3 Å². The Morgan fingerprint density at radius 3 is 2.38 bits per heavy atom. The Balaban J connectivity index is 2.70. The number of nitrogens with one attached hydrogen (secondary N) is 1. The van der Waals surface area contributed by atoms with Crippen molar-refractivity contribution in [3.63, 3.8) is 0 Å². The molecule has 0 aromatic heterocycles. The SMILES string of the molecule is CC(C)/C=C\C(=N)c1ccccc1. The van der Waals surface area contributed by atoms with Crippen molar-refractivity contribution in [3.8, 4) is 0 Å². The lowest BCUT2D eigenvalue weighted by Crippen LogP contribution is -1.94. The summed E-state index contributed by atoms with van der Waals surface area (Å²) in [6.45, 7) is 4.21. The Kier molecular flexibility index (Phi) is 3.44. The molecule has 0 saturated carbocycles. The highest BCUT2D eigenvalue weighted by molar-refractivity contribution is 6.06. The minimum atomic E-state index is 0.504. The summed E-state index contributed by atoms with van der Waals surface area (Å²) < 4.78 is 0. The molecular formula is C12H15N. The molecule has 0 saturated heterocycles. The fourth-order valence-corrected chi connectivity index (χ4v) is 1.00. The van der Waals surface area contributed by atoms with Crippen molar-refractivity contribution in [1.82, 2.24) is 0 Å². The highest BCUT2D eigenvalue weighted by Gasteiger charge is 1.94. The van der Waals surface area contributed by atoms with Gasteiger partial charge in [-0.2, -0.15) is 0 Å². The van der Waals surface area contributed by atoms with Crippen LogP contribution >= 0.6 is 0 Å². The Morgan fingerprint density at radius 1 is 1.23 bits per heavy atom. The Morgan fingerprint density at radius 2 is 1.85 bits per heavy atom. The van der Waals surface area contributed by atoms with Gasteiger partial charge in [0, 0.05) is 0 Å². The quantitative estimate of drug-likeness (QED) is 0.678. The molecule has 0 unspecified atom stereocenters. The van der Waals surface area contributed by atoms with E-state index in [4.69, 9.17) is 5.41 Å². The maximum atomic E-state index is 7.74. The van der Waals surface area contributed by atoms with E-state index in [0.29, 0.717) is 11.6 Å². The van der Waals surface area contributed by atoms with Gasteiger partial charge in [0.15, 0.2) is 0 Å². The molecule has 1 aromatic rings. The third kappa shape index (κ3) is 3.24. The predicted molar refractivity (Wildman–Crippen MR) is 57.2 cm³/mol. The van der Waals surface area contributed by atoms with Crippen molar-refractivity contribution < 1.29 is 0 Å². The van der Waals surface area contributed by atoms with Crippen LogP contribution in [0.15, 0.2) is 42.5 Å². The number of rotatable bonds is 3. The maximum Gasteiger partial charge on any atom is 0.0609 e. The van der Waals surface area contributed by atoms with Gasteiger partial charge in [-0.15, -0.1) is 0 Å². The molecule has 1 rings (SSSR count). The molecular weight excluding hydrogens is 158 g/mol. The average molecular weight is 173 g/mol. The van der Waals surface area contributed by atoms with Gasteiger partial charge in [0.05, 0.1) is 5.71 Å². The highest BCUT2D eigenvalue weighted by atomic mass is 14.4. The fourth-order valence-electron chi connectivity index (χ4n) is 1.00. The van der Waals surface area contributed by atoms with E-state index in [9.17, 15) is 0 Å². The van der Waals surface area contributed by atoms with Crippen LogP contribution < -0.4 is 0 Å². The molecule has 0 radical (unpaired) electrons. The first-order chi connectivity index (χ1) is 6.20. The second-order valence-electron chi connectivity index (χ2n) is 3.38. The molecule has 0 aliphatic rings. The largest absolute Gasteiger partial charge is 0.300 e. The summed E-state index contributed by atoms with van der Waals surface area (Å²) in [6.07, 6.45) is 3.90. The zero-order valence-corrected chi connectivity index (χ0v) is 8.12. The Bertz CT molecular complexity index is 296. The van der Waals surface area contributed by atoms with Gasteiger partial charge in [0.25, 0.3) is 0 Å². The summed E-state index contributed by atoms with van der Waals surface area (Å²) in [7, 11) is 0. The minimum Gasteiger partial charge on any atom is -0.300 e. The topological polar surface area (TPSA) is 23.9 Å². The summed E-state index contributed by atoms with van der Waals surface area (Å²) >= 11 is 0. The molecule has 0 aliphatic carbocycles. The van der Waals surface area contributed by atoms with E-state index in [1.54, 1.807) is 0 Å². The van der Waals surface area contributed by atoms with E-state index in [1.807, 2.05) is 42.5 Å². The molecule has 0 fully saturated rings. The zero-order chi connectivity index (χ0) is 9.68. The minimum absolute atomic E-state index is 0.504. The van der Waals surface area contributed by atoms with Gasteiger partial charge in [-0.1, -0.05) is 50.3 Å². The van der Waals surface area contributed by atoms with Crippen LogP contribution in [0.2, 0.25) is 0 Å². The summed E-state index contributed by atoms with van der Waals surface area (Å²) in [4.78, 5) is 0. The van der Waals surface area contributed by atoms with Crippen molar-refractivity contribution in [2.75, 3.05) is 0 Å². The van der Waals surface area contributed by atoms with E-state index in [0.717, 1.165) is 5.56 Å². The molecule has 1 nitrogen and oxygen atoms in total. The Hall–Kier alpha value is -1.37. The second kappa shape index (κ2) is 4.61. The number of hydrogen-bond acceptors (Lipinski definition) is 1. The van der Waals surface area contributed by atoms with Gasteiger partial charge in [0.1, 0.15) is 0 Å². The van der Waals surface area contributed by atoms with Crippen LogP contribution in [-0.2, 0) is 0 Å². The third-order valence-electron chi connectivity index (χ3n) is 1.73. The second-order valence-corrected chi connectivity index (χ2v) is 3.38. The lowest BCUT2D eigenvalue weighted by atomic mass is 10.1. The molecule has 0 heterocycles. The van der Waals surface area contributed by atoms with E-state index >= 15 is 0 Å². The van der Waals surface area contributed by atoms with Gasteiger partial charge in [-0.25, -0.2) is 0 Å². The monoisotopic (exact) mass is 173 g/mol. The number of benzene rings is 1. The summed E-state index contributed by atoms with van der Waals surface area (Å²) in [5, 5.41) is 7.74. The van der Waals surface area contributed by atoms with Crippen molar-refractivity contribution >= 4 is 5.71 Å². The van der Waals surface area contributed by atoms with Crippen LogP contribution in [0.5, 0.6) is 0 Å². The van der Waals surface area contributed by atoms with Crippen LogP contribution in [0.1, 0.15) is 19.4 Å². The molecule has 13 heavy (non-hydrogen) atoms. The van der Waals surface area contributed by atoms with Crippen LogP contribution in [0.25, 0.3) is 0 Å². The van der Waals surface area contributed by atoms with E-state index in [-0.39, 0.29) is 0 Å². The lowest BCUT2D eigenvalue weighted by Gasteiger charge is -1.98. The van der Waals surface area contributed by atoms with Gasteiger partial charge < -0.3 is 5.41 Å².